The minimum Gasteiger partial charge on any atom is -0.350 e. The summed E-state index contributed by atoms with van der Waals surface area (Å²) in [4.78, 5) is 12.1. The van der Waals surface area contributed by atoms with Gasteiger partial charge in [-0.05, 0) is 24.7 Å². The average molecular weight is 288 g/mol. The van der Waals surface area contributed by atoms with Crippen LogP contribution in [-0.2, 0) is 4.79 Å². The predicted octanol–water partition coefficient (Wildman–Crippen LogP) is 3.25. The largest absolute Gasteiger partial charge is 0.350 e. The Hall–Kier alpha value is -0.0500. The van der Waals surface area contributed by atoms with Gasteiger partial charge in [0.25, 0.3) is 0 Å². The van der Waals surface area contributed by atoms with Crippen LogP contribution >= 0.6 is 15.9 Å². The lowest BCUT2D eigenvalue weighted by molar-refractivity contribution is -0.125. The van der Waals surface area contributed by atoms with Gasteiger partial charge in [0.1, 0.15) is 0 Å². The summed E-state index contributed by atoms with van der Waals surface area (Å²) in [6.07, 6.45) is 7.14. The summed E-state index contributed by atoms with van der Waals surface area (Å²) in [6.45, 7) is 4.36. The molecule has 0 aliphatic heterocycles. The highest BCUT2D eigenvalue weighted by Crippen LogP contribution is 2.52. The number of hydrogen-bond donors (Lipinski definition) is 1. The number of carbonyl (C=O) groups excluding carboxylic acids is 1. The van der Waals surface area contributed by atoms with Crippen molar-refractivity contribution in [2.75, 3.05) is 5.33 Å². The molecule has 2 aliphatic carbocycles. The van der Waals surface area contributed by atoms with E-state index in [1.807, 2.05) is 0 Å². The minimum absolute atomic E-state index is 0.0496. The van der Waals surface area contributed by atoms with Crippen LogP contribution in [0.3, 0.4) is 0 Å². The quantitative estimate of drug-likeness (QED) is 0.794. The number of halogens is 1. The van der Waals surface area contributed by atoms with Gasteiger partial charge in [0.05, 0.1) is 0 Å². The van der Waals surface area contributed by atoms with Gasteiger partial charge in [0.15, 0.2) is 0 Å². The summed E-state index contributed by atoms with van der Waals surface area (Å²) in [5.41, 5.74) is 0.292. The van der Waals surface area contributed by atoms with Gasteiger partial charge in [-0.3, -0.25) is 4.79 Å². The fourth-order valence-corrected chi connectivity index (χ4v) is 3.48. The monoisotopic (exact) mass is 287 g/mol. The molecule has 92 valence electrons. The first-order valence-corrected chi connectivity index (χ1v) is 7.49. The topological polar surface area (TPSA) is 29.1 Å². The molecular weight excluding hydrogens is 266 g/mol. The van der Waals surface area contributed by atoms with Gasteiger partial charge in [-0.25, -0.2) is 0 Å². The molecule has 0 aromatic carbocycles. The third kappa shape index (κ3) is 2.44. The van der Waals surface area contributed by atoms with E-state index >= 15 is 0 Å². The van der Waals surface area contributed by atoms with Crippen LogP contribution in [0.4, 0.5) is 0 Å². The molecule has 2 rings (SSSR count). The number of nitrogens with one attached hydrogen (secondary N) is 1. The summed E-state index contributed by atoms with van der Waals surface area (Å²) in [5, 5.41) is 4.22. The molecule has 0 aromatic heterocycles. The second kappa shape index (κ2) is 4.32. The van der Waals surface area contributed by atoms with Crippen molar-refractivity contribution in [2.45, 2.75) is 57.9 Å². The van der Waals surface area contributed by atoms with Crippen molar-refractivity contribution >= 4 is 21.8 Å². The molecule has 1 atom stereocenters. The highest BCUT2D eigenvalue weighted by Gasteiger charge is 2.51. The fraction of sp³-hybridized carbons (Fsp3) is 0.923. The van der Waals surface area contributed by atoms with E-state index in [1.165, 1.54) is 19.3 Å². The van der Waals surface area contributed by atoms with Crippen molar-refractivity contribution in [3.63, 3.8) is 0 Å². The zero-order valence-electron chi connectivity index (χ0n) is 10.3. The molecule has 0 aromatic rings. The molecule has 3 heteroatoms. The lowest BCUT2D eigenvalue weighted by atomic mass is 9.83. The Kier molecular flexibility index (Phi) is 3.35. The SMILES string of the molecule is CC1(C)CC1C(=O)NC1(CBr)CCCCC1. The minimum atomic E-state index is 0.0496. The van der Waals surface area contributed by atoms with Crippen molar-refractivity contribution in [2.24, 2.45) is 11.3 Å². The smallest absolute Gasteiger partial charge is 0.224 e. The van der Waals surface area contributed by atoms with Crippen molar-refractivity contribution < 1.29 is 4.79 Å². The average Bonchev–Trinajstić information content (AvgIpc) is 2.89. The van der Waals surface area contributed by atoms with E-state index in [1.54, 1.807) is 0 Å². The Labute approximate surface area is 107 Å². The highest BCUT2D eigenvalue weighted by atomic mass is 79.9. The van der Waals surface area contributed by atoms with Gasteiger partial charge in [0.2, 0.25) is 5.91 Å². The Morgan fingerprint density at radius 3 is 2.31 bits per heavy atom. The Morgan fingerprint density at radius 1 is 1.31 bits per heavy atom. The van der Waals surface area contributed by atoms with Crippen LogP contribution < -0.4 is 5.32 Å². The molecule has 1 N–H and O–H groups in total. The van der Waals surface area contributed by atoms with Crippen LogP contribution in [0.1, 0.15) is 52.4 Å². The van der Waals surface area contributed by atoms with Crippen LogP contribution in [0.15, 0.2) is 0 Å². The van der Waals surface area contributed by atoms with E-state index in [2.05, 4.69) is 35.1 Å². The van der Waals surface area contributed by atoms with Gasteiger partial charge >= 0.3 is 0 Å². The Balaban J connectivity index is 1.94. The van der Waals surface area contributed by atoms with Crippen molar-refractivity contribution in [1.29, 1.82) is 0 Å². The van der Waals surface area contributed by atoms with Crippen LogP contribution in [0.5, 0.6) is 0 Å². The van der Waals surface area contributed by atoms with Crippen LogP contribution in [0.2, 0.25) is 0 Å². The van der Waals surface area contributed by atoms with Crippen LogP contribution in [0.25, 0.3) is 0 Å². The first kappa shape index (κ1) is 12.4. The molecule has 16 heavy (non-hydrogen) atoms. The third-order valence-electron chi connectivity index (χ3n) is 4.28. The van der Waals surface area contributed by atoms with E-state index in [0.29, 0.717) is 0 Å². The summed E-state index contributed by atoms with van der Waals surface area (Å²) in [5.74, 6) is 0.539. The molecule has 0 bridgehead atoms. The molecule has 0 heterocycles. The lowest BCUT2D eigenvalue weighted by Gasteiger charge is -2.37. The molecule has 2 nitrogen and oxygen atoms in total. The van der Waals surface area contributed by atoms with Crippen molar-refractivity contribution in [1.82, 2.24) is 5.32 Å². The molecule has 2 aliphatic rings. The van der Waals surface area contributed by atoms with E-state index < -0.39 is 0 Å². The molecule has 0 radical (unpaired) electrons. The molecule has 1 unspecified atom stereocenters. The molecular formula is C13H22BrNO. The zero-order chi connectivity index (χ0) is 11.8. The molecule has 2 fully saturated rings. The van der Waals surface area contributed by atoms with Gasteiger partial charge < -0.3 is 5.32 Å². The standard InChI is InChI=1S/C13H22BrNO/c1-12(2)8-10(12)11(16)15-13(9-14)6-4-3-5-7-13/h10H,3-9H2,1-2H3,(H,15,16). The summed E-state index contributed by atoms with van der Waals surface area (Å²) >= 11 is 3.58. The van der Waals surface area contributed by atoms with E-state index in [-0.39, 0.29) is 22.8 Å². The van der Waals surface area contributed by atoms with Gasteiger partial charge in [-0.1, -0.05) is 49.0 Å². The maximum Gasteiger partial charge on any atom is 0.224 e. The molecule has 2 saturated carbocycles. The third-order valence-corrected chi connectivity index (χ3v) is 5.36. The van der Waals surface area contributed by atoms with Gasteiger partial charge in [0, 0.05) is 16.8 Å². The van der Waals surface area contributed by atoms with Gasteiger partial charge in [-0.15, -0.1) is 0 Å². The number of carbonyl (C=O) groups is 1. The second-order valence-corrected chi connectivity index (χ2v) is 6.77. The number of amides is 1. The van der Waals surface area contributed by atoms with Crippen molar-refractivity contribution in [3.05, 3.63) is 0 Å². The lowest BCUT2D eigenvalue weighted by Crippen LogP contribution is -2.52. The summed E-state index contributed by atoms with van der Waals surface area (Å²) < 4.78 is 0. The normalized spacial score (nSPS) is 30.8. The van der Waals surface area contributed by atoms with Crippen LogP contribution in [0, 0.1) is 11.3 Å². The first-order chi connectivity index (χ1) is 7.49. The van der Waals surface area contributed by atoms with Gasteiger partial charge in [-0.2, -0.15) is 0 Å². The Morgan fingerprint density at radius 2 is 1.88 bits per heavy atom. The van der Waals surface area contributed by atoms with Crippen molar-refractivity contribution in [3.8, 4) is 0 Å². The zero-order valence-corrected chi connectivity index (χ0v) is 11.9. The van der Waals surface area contributed by atoms with Crippen LogP contribution in [-0.4, -0.2) is 16.8 Å². The number of hydrogen-bond acceptors (Lipinski definition) is 1. The van der Waals surface area contributed by atoms with E-state index in [9.17, 15) is 4.79 Å². The molecule has 0 spiro atoms. The predicted molar refractivity (Wildman–Crippen MR) is 69.6 cm³/mol. The summed E-state index contributed by atoms with van der Waals surface area (Å²) in [7, 11) is 0. The number of rotatable bonds is 3. The Bertz CT molecular complexity index is 282. The summed E-state index contributed by atoms with van der Waals surface area (Å²) in [6, 6.07) is 0. The highest BCUT2D eigenvalue weighted by molar-refractivity contribution is 9.09. The molecule has 1 amide bonds. The maximum absolute atomic E-state index is 12.1. The van der Waals surface area contributed by atoms with E-state index in [0.717, 1.165) is 24.6 Å². The first-order valence-electron chi connectivity index (χ1n) is 6.37. The molecule has 0 saturated heterocycles. The second-order valence-electron chi connectivity index (χ2n) is 6.21. The number of alkyl halides is 1. The van der Waals surface area contributed by atoms with E-state index in [4.69, 9.17) is 0 Å². The fourth-order valence-electron chi connectivity index (χ4n) is 2.78. The maximum atomic E-state index is 12.1.